The number of aromatic nitrogens is 1. The third-order valence-electron chi connectivity index (χ3n) is 2.34. The molecule has 5 heteroatoms. The number of carbonyl (C=O) groups excluding carboxylic acids is 1. The van der Waals surface area contributed by atoms with Crippen LogP contribution in [0.1, 0.15) is 11.1 Å². The van der Waals surface area contributed by atoms with E-state index >= 15 is 0 Å². The number of carbonyl (C=O) groups is 1. The van der Waals surface area contributed by atoms with Gasteiger partial charge in [0.2, 0.25) is 5.91 Å². The maximum atomic E-state index is 11.6. The van der Waals surface area contributed by atoms with Gasteiger partial charge in [0.05, 0.1) is 12.6 Å². The topological polar surface area (TPSA) is 54.4 Å². The van der Waals surface area contributed by atoms with Gasteiger partial charge in [0.25, 0.3) is 0 Å². The second-order valence-electron chi connectivity index (χ2n) is 3.89. The Morgan fingerprint density at radius 3 is 3.00 bits per heavy atom. The van der Waals surface area contributed by atoms with Crippen molar-refractivity contribution >= 4 is 28.1 Å². The van der Waals surface area contributed by atoms with E-state index in [0.29, 0.717) is 0 Å². The summed E-state index contributed by atoms with van der Waals surface area (Å²) in [7, 11) is 0. The van der Waals surface area contributed by atoms with Crippen LogP contribution < -0.4 is 5.43 Å². The quantitative estimate of drug-likeness (QED) is 0.696. The van der Waals surface area contributed by atoms with Crippen molar-refractivity contribution in [2.75, 3.05) is 0 Å². The van der Waals surface area contributed by atoms with Crippen molar-refractivity contribution in [3.05, 3.63) is 64.4 Å². The lowest BCUT2D eigenvalue weighted by Gasteiger charge is -1.99. The molecule has 19 heavy (non-hydrogen) atoms. The van der Waals surface area contributed by atoms with Crippen molar-refractivity contribution in [2.45, 2.75) is 6.42 Å². The molecule has 1 aromatic carbocycles. The molecule has 2 rings (SSSR count). The average molecular weight is 318 g/mol. The van der Waals surface area contributed by atoms with E-state index in [-0.39, 0.29) is 12.3 Å². The zero-order valence-corrected chi connectivity index (χ0v) is 11.7. The molecular weight excluding hydrogens is 306 g/mol. The molecule has 0 saturated heterocycles. The normalized spacial score (nSPS) is 10.6. The zero-order chi connectivity index (χ0) is 13.5. The van der Waals surface area contributed by atoms with Gasteiger partial charge in [-0.05, 0) is 29.3 Å². The first-order valence-electron chi connectivity index (χ1n) is 5.70. The number of benzene rings is 1. The highest BCUT2D eigenvalue weighted by Crippen LogP contribution is 2.09. The first kappa shape index (κ1) is 13.4. The van der Waals surface area contributed by atoms with Crippen molar-refractivity contribution in [1.82, 2.24) is 10.4 Å². The number of pyridine rings is 1. The smallest absolute Gasteiger partial charge is 0.244 e. The van der Waals surface area contributed by atoms with Crippen molar-refractivity contribution < 1.29 is 4.79 Å². The Bertz CT molecular complexity index is 584. The van der Waals surface area contributed by atoms with E-state index < -0.39 is 0 Å². The molecule has 0 atom stereocenters. The SMILES string of the molecule is O=C(Cc1cccnc1)NN=Cc1cccc(Br)c1. The van der Waals surface area contributed by atoms with Crippen LogP contribution in [0.2, 0.25) is 0 Å². The number of nitrogens with zero attached hydrogens (tertiary/aromatic N) is 2. The van der Waals surface area contributed by atoms with Crippen LogP contribution in [0.3, 0.4) is 0 Å². The third kappa shape index (κ3) is 4.63. The van der Waals surface area contributed by atoms with Crippen LogP contribution >= 0.6 is 15.9 Å². The molecule has 0 saturated carbocycles. The summed E-state index contributed by atoms with van der Waals surface area (Å²) in [5.41, 5.74) is 4.26. The number of hydrogen-bond donors (Lipinski definition) is 1. The Labute approximate surface area is 119 Å². The van der Waals surface area contributed by atoms with Gasteiger partial charge >= 0.3 is 0 Å². The largest absolute Gasteiger partial charge is 0.273 e. The van der Waals surface area contributed by atoms with Crippen LogP contribution in [0.4, 0.5) is 0 Å². The second kappa shape index (κ2) is 6.80. The van der Waals surface area contributed by atoms with E-state index in [1.165, 1.54) is 0 Å². The van der Waals surface area contributed by atoms with Crippen LogP contribution in [-0.2, 0) is 11.2 Å². The Morgan fingerprint density at radius 2 is 2.26 bits per heavy atom. The van der Waals surface area contributed by atoms with Crippen molar-refractivity contribution in [2.24, 2.45) is 5.10 Å². The van der Waals surface area contributed by atoms with Gasteiger partial charge in [-0.25, -0.2) is 5.43 Å². The maximum Gasteiger partial charge on any atom is 0.244 e. The molecule has 0 bridgehead atoms. The van der Waals surface area contributed by atoms with E-state index in [1.807, 2.05) is 30.3 Å². The number of halogens is 1. The molecule has 4 nitrogen and oxygen atoms in total. The molecule has 2 aromatic rings. The van der Waals surface area contributed by atoms with Gasteiger partial charge in [-0.3, -0.25) is 9.78 Å². The second-order valence-corrected chi connectivity index (χ2v) is 4.80. The summed E-state index contributed by atoms with van der Waals surface area (Å²) in [4.78, 5) is 15.6. The number of hydrazone groups is 1. The highest BCUT2D eigenvalue weighted by molar-refractivity contribution is 9.10. The van der Waals surface area contributed by atoms with Gasteiger partial charge in [-0.2, -0.15) is 5.10 Å². The molecule has 96 valence electrons. The fraction of sp³-hybridized carbons (Fsp3) is 0.0714. The molecule has 0 unspecified atom stereocenters. The van der Waals surface area contributed by atoms with Crippen LogP contribution in [-0.4, -0.2) is 17.1 Å². The molecule has 0 radical (unpaired) electrons. The van der Waals surface area contributed by atoms with Crippen LogP contribution in [0.15, 0.2) is 58.4 Å². The maximum absolute atomic E-state index is 11.6. The Kier molecular flexibility index (Phi) is 4.80. The monoisotopic (exact) mass is 317 g/mol. The van der Waals surface area contributed by atoms with Crippen LogP contribution in [0.5, 0.6) is 0 Å². The van der Waals surface area contributed by atoms with Crippen LogP contribution in [0.25, 0.3) is 0 Å². The summed E-state index contributed by atoms with van der Waals surface area (Å²) >= 11 is 3.37. The van der Waals surface area contributed by atoms with E-state index in [2.05, 4.69) is 31.4 Å². The third-order valence-corrected chi connectivity index (χ3v) is 2.83. The van der Waals surface area contributed by atoms with Crippen LogP contribution in [0, 0.1) is 0 Å². The molecule has 0 fully saturated rings. The molecule has 1 N–H and O–H groups in total. The summed E-state index contributed by atoms with van der Waals surface area (Å²) in [6.07, 6.45) is 5.21. The predicted molar refractivity (Wildman–Crippen MR) is 77.8 cm³/mol. The van der Waals surface area contributed by atoms with Crippen molar-refractivity contribution in [3.8, 4) is 0 Å². The number of hydrogen-bond acceptors (Lipinski definition) is 3. The summed E-state index contributed by atoms with van der Waals surface area (Å²) in [6, 6.07) is 11.3. The Hall–Kier alpha value is -2.01. The molecule has 0 aliphatic heterocycles. The Balaban J connectivity index is 1.87. The Morgan fingerprint density at radius 1 is 1.37 bits per heavy atom. The standard InChI is InChI=1S/C14H12BrN3O/c15-13-5-1-3-11(7-13)10-17-18-14(19)8-12-4-2-6-16-9-12/h1-7,9-10H,8H2,(H,18,19). The number of rotatable bonds is 4. The van der Waals surface area contributed by atoms with E-state index in [0.717, 1.165) is 15.6 Å². The molecule has 0 aliphatic rings. The lowest BCUT2D eigenvalue weighted by molar-refractivity contribution is -0.120. The van der Waals surface area contributed by atoms with E-state index in [4.69, 9.17) is 0 Å². The highest BCUT2D eigenvalue weighted by atomic mass is 79.9. The molecule has 1 amide bonds. The summed E-state index contributed by atoms with van der Waals surface area (Å²) in [5, 5.41) is 3.91. The molecular formula is C14H12BrN3O. The van der Waals surface area contributed by atoms with Gasteiger partial charge < -0.3 is 0 Å². The van der Waals surface area contributed by atoms with E-state index in [1.54, 1.807) is 24.7 Å². The number of amides is 1. The fourth-order valence-corrected chi connectivity index (χ4v) is 1.91. The van der Waals surface area contributed by atoms with Crippen molar-refractivity contribution in [1.29, 1.82) is 0 Å². The predicted octanol–water partition coefficient (Wildman–Crippen LogP) is 2.54. The zero-order valence-electron chi connectivity index (χ0n) is 10.1. The lowest BCUT2D eigenvalue weighted by atomic mass is 10.2. The minimum atomic E-state index is -0.167. The van der Waals surface area contributed by atoms with Gasteiger partial charge in [0.1, 0.15) is 0 Å². The first-order chi connectivity index (χ1) is 9.24. The van der Waals surface area contributed by atoms with Gasteiger partial charge in [0, 0.05) is 16.9 Å². The minimum Gasteiger partial charge on any atom is -0.273 e. The molecule has 0 aliphatic carbocycles. The average Bonchev–Trinajstić information content (AvgIpc) is 2.40. The first-order valence-corrected chi connectivity index (χ1v) is 6.50. The van der Waals surface area contributed by atoms with Gasteiger partial charge in [0.15, 0.2) is 0 Å². The molecule has 1 aromatic heterocycles. The molecule has 1 heterocycles. The summed E-state index contributed by atoms with van der Waals surface area (Å²) in [5.74, 6) is -0.167. The lowest BCUT2D eigenvalue weighted by Crippen LogP contribution is -2.19. The fourth-order valence-electron chi connectivity index (χ4n) is 1.49. The van der Waals surface area contributed by atoms with E-state index in [9.17, 15) is 4.79 Å². The molecule has 0 spiro atoms. The van der Waals surface area contributed by atoms with Gasteiger partial charge in [-0.1, -0.05) is 34.1 Å². The number of nitrogens with one attached hydrogen (secondary N) is 1. The van der Waals surface area contributed by atoms with Crippen molar-refractivity contribution in [3.63, 3.8) is 0 Å². The summed E-state index contributed by atoms with van der Waals surface area (Å²) < 4.78 is 0.970. The summed E-state index contributed by atoms with van der Waals surface area (Å²) in [6.45, 7) is 0. The minimum absolute atomic E-state index is 0.167. The highest BCUT2D eigenvalue weighted by Gasteiger charge is 2.01. The van der Waals surface area contributed by atoms with Gasteiger partial charge in [-0.15, -0.1) is 0 Å².